The fraction of sp³-hybridized carbons (Fsp3) is 0.111. The highest BCUT2D eigenvalue weighted by Crippen LogP contribution is 2.36. The third-order valence-electron chi connectivity index (χ3n) is 3.34. The SMILES string of the molecule is CSc1nc(-c2ccccc2)c(NC(=O)COc2ccc(Cl)cc2Cl)s1. The van der Waals surface area contributed by atoms with Crippen molar-refractivity contribution in [2.75, 3.05) is 18.2 Å². The fourth-order valence-corrected chi connectivity index (χ4v) is 4.13. The fourth-order valence-electron chi connectivity index (χ4n) is 2.16. The summed E-state index contributed by atoms with van der Waals surface area (Å²) in [5.41, 5.74) is 1.69. The number of aromatic nitrogens is 1. The van der Waals surface area contributed by atoms with Gasteiger partial charge in [-0.15, -0.1) is 0 Å². The van der Waals surface area contributed by atoms with Crippen LogP contribution >= 0.6 is 46.3 Å². The summed E-state index contributed by atoms with van der Waals surface area (Å²) in [6.07, 6.45) is 1.95. The summed E-state index contributed by atoms with van der Waals surface area (Å²) in [5, 5.41) is 4.43. The van der Waals surface area contributed by atoms with Crippen molar-refractivity contribution in [1.29, 1.82) is 0 Å². The van der Waals surface area contributed by atoms with E-state index in [2.05, 4.69) is 10.3 Å². The van der Waals surface area contributed by atoms with Crippen molar-refractivity contribution in [3.63, 3.8) is 0 Å². The molecule has 2 aromatic carbocycles. The van der Waals surface area contributed by atoms with E-state index in [1.807, 2.05) is 36.6 Å². The van der Waals surface area contributed by atoms with Gasteiger partial charge in [0.1, 0.15) is 16.4 Å². The molecule has 0 atom stereocenters. The van der Waals surface area contributed by atoms with Crippen LogP contribution in [-0.2, 0) is 4.79 Å². The Hall–Kier alpha value is -1.73. The van der Waals surface area contributed by atoms with Gasteiger partial charge in [-0.3, -0.25) is 4.79 Å². The van der Waals surface area contributed by atoms with Crippen LogP contribution in [0.4, 0.5) is 5.00 Å². The molecule has 0 unspecified atom stereocenters. The molecule has 1 amide bonds. The zero-order chi connectivity index (χ0) is 18.5. The lowest BCUT2D eigenvalue weighted by atomic mass is 10.2. The zero-order valence-electron chi connectivity index (χ0n) is 13.7. The van der Waals surface area contributed by atoms with Gasteiger partial charge in [0.05, 0.1) is 5.02 Å². The molecule has 3 aromatic rings. The van der Waals surface area contributed by atoms with Crippen molar-refractivity contribution in [3.05, 3.63) is 58.6 Å². The molecule has 0 radical (unpaired) electrons. The Morgan fingerprint density at radius 3 is 2.69 bits per heavy atom. The molecule has 0 fully saturated rings. The highest BCUT2D eigenvalue weighted by molar-refractivity contribution is 8.00. The van der Waals surface area contributed by atoms with E-state index in [1.54, 1.807) is 18.2 Å². The maximum atomic E-state index is 12.3. The van der Waals surface area contributed by atoms with E-state index in [1.165, 1.54) is 23.1 Å². The molecule has 26 heavy (non-hydrogen) atoms. The number of anilines is 1. The molecule has 0 aliphatic rings. The highest BCUT2D eigenvalue weighted by Gasteiger charge is 2.16. The highest BCUT2D eigenvalue weighted by atomic mass is 35.5. The average molecular weight is 425 g/mol. The van der Waals surface area contributed by atoms with Crippen molar-refractivity contribution >= 4 is 57.2 Å². The second-order valence-corrected chi connectivity index (χ2v) is 8.04. The number of thiazole rings is 1. The van der Waals surface area contributed by atoms with Crippen molar-refractivity contribution in [2.24, 2.45) is 0 Å². The molecular weight excluding hydrogens is 411 g/mol. The lowest BCUT2D eigenvalue weighted by Crippen LogP contribution is -2.20. The molecule has 0 aliphatic carbocycles. The van der Waals surface area contributed by atoms with Crippen LogP contribution in [0.1, 0.15) is 0 Å². The number of ether oxygens (including phenoxy) is 1. The minimum absolute atomic E-state index is 0.165. The van der Waals surface area contributed by atoms with Crippen LogP contribution < -0.4 is 10.1 Å². The summed E-state index contributed by atoms with van der Waals surface area (Å²) in [6, 6.07) is 14.6. The van der Waals surface area contributed by atoms with Gasteiger partial charge in [0.2, 0.25) is 0 Å². The molecule has 1 aromatic heterocycles. The second-order valence-electron chi connectivity index (χ2n) is 5.14. The standard InChI is InChI=1S/C18H14Cl2N2O2S2/c1-25-18-22-16(11-5-3-2-4-6-11)17(26-18)21-15(23)10-24-14-8-7-12(19)9-13(14)20/h2-9H,10H2,1H3,(H,21,23). The number of hydrogen-bond donors (Lipinski definition) is 1. The smallest absolute Gasteiger partial charge is 0.262 e. The Balaban J connectivity index is 1.72. The van der Waals surface area contributed by atoms with E-state index in [-0.39, 0.29) is 12.5 Å². The topological polar surface area (TPSA) is 51.2 Å². The number of benzene rings is 2. The van der Waals surface area contributed by atoms with Crippen LogP contribution in [-0.4, -0.2) is 23.8 Å². The summed E-state index contributed by atoms with van der Waals surface area (Å²) in [5.74, 6) is 0.119. The first-order valence-electron chi connectivity index (χ1n) is 7.54. The zero-order valence-corrected chi connectivity index (χ0v) is 16.8. The summed E-state index contributed by atoms with van der Waals surface area (Å²) < 4.78 is 6.36. The van der Waals surface area contributed by atoms with Gasteiger partial charge in [-0.25, -0.2) is 4.98 Å². The number of hydrogen-bond acceptors (Lipinski definition) is 5. The maximum Gasteiger partial charge on any atom is 0.262 e. The number of halogens is 2. The summed E-state index contributed by atoms with van der Waals surface area (Å²) >= 11 is 14.9. The van der Waals surface area contributed by atoms with Crippen LogP contribution in [0.25, 0.3) is 11.3 Å². The minimum Gasteiger partial charge on any atom is -0.482 e. The third-order valence-corrected chi connectivity index (χ3v) is 5.82. The molecule has 0 spiro atoms. The van der Waals surface area contributed by atoms with Crippen LogP contribution in [0.15, 0.2) is 52.9 Å². The number of nitrogens with one attached hydrogen (secondary N) is 1. The molecule has 4 nitrogen and oxygen atoms in total. The van der Waals surface area contributed by atoms with Gasteiger partial charge in [0, 0.05) is 10.6 Å². The molecule has 0 bridgehead atoms. The largest absolute Gasteiger partial charge is 0.482 e. The summed E-state index contributed by atoms with van der Waals surface area (Å²) in [4.78, 5) is 16.9. The monoisotopic (exact) mass is 424 g/mol. The first-order chi connectivity index (χ1) is 12.6. The Kier molecular flexibility index (Phi) is 6.43. The second kappa shape index (κ2) is 8.77. The quantitative estimate of drug-likeness (QED) is 0.503. The minimum atomic E-state index is -0.287. The first kappa shape index (κ1) is 19.0. The summed E-state index contributed by atoms with van der Waals surface area (Å²) in [6.45, 7) is -0.165. The molecule has 1 N–H and O–H groups in total. The number of rotatable bonds is 6. The average Bonchev–Trinajstić information content (AvgIpc) is 3.04. The van der Waals surface area contributed by atoms with Gasteiger partial charge in [-0.2, -0.15) is 0 Å². The van der Waals surface area contributed by atoms with Crippen molar-refractivity contribution < 1.29 is 9.53 Å². The molecule has 0 saturated heterocycles. The maximum absolute atomic E-state index is 12.3. The van der Waals surface area contributed by atoms with Crippen LogP contribution in [0.2, 0.25) is 10.0 Å². The predicted octanol–water partition coefficient (Wildman–Crippen LogP) is 5.86. The first-order valence-corrected chi connectivity index (χ1v) is 10.3. The molecular formula is C18H14Cl2N2O2S2. The summed E-state index contributed by atoms with van der Waals surface area (Å²) in [7, 11) is 0. The normalized spacial score (nSPS) is 10.6. The van der Waals surface area contributed by atoms with E-state index in [0.717, 1.165) is 15.6 Å². The van der Waals surface area contributed by atoms with Gasteiger partial charge in [-0.05, 0) is 24.5 Å². The van der Waals surface area contributed by atoms with Crippen LogP contribution in [0.3, 0.4) is 0 Å². The van der Waals surface area contributed by atoms with Gasteiger partial charge < -0.3 is 10.1 Å². The van der Waals surface area contributed by atoms with Gasteiger partial charge in [-0.1, -0.05) is 76.6 Å². The number of carbonyl (C=O) groups excluding carboxylic acids is 1. The lowest BCUT2D eigenvalue weighted by molar-refractivity contribution is -0.118. The van der Waals surface area contributed by atoms with E-state index in [4.69, 9.17) is 27.9 Å². The van der Waals surface area contributed by atoms with Crippen molar-refractivity contribution in [3.8, 4) is 17.0 Å². The van der Waals surface area contributed by atoms with Crippen molar-refractivity contribution in [1.82, 2.24) is 4.98 Å². The van der Waals surface area contributed by atoms with E-state index in [9.17, 15) is 4.79 Å². The van der Waals surface area contributed by atoms with E-state index < -0.39 is 0 Å². The lowest BCUT2D eigenvalue weighted by Gasteiger charge is -2.09. The Bertz CT molecular complexity index is 917. The van der Waals surface area contributed by atoms with Gasteiger partial charge in [0.15, 0.2) is 10.9 Å². The van der Waals surface area contributed by atoms with Crippen molar-refractivity contribution in [2.45, 2.75) is 4.34 Å². The molecule has 134 valence electrons. The molecule has 0 aliphatic heterocycles. The number of thioether (sulfide) groups is 1. The molecule has 3 rings (SSSR count). The van der Waals surface area contributed by atoms with E-state index in [0.29, 0.717) is 20.8 Å². The van der Waals surface area contributed by atoms with Gasteiger partial charge in [0.25, 0.3) is 5.91 Å². The number of nitrogens with zero attached hydrogens (tertiary/aromatic N) is 1. The van der Waals surface area contributed by atoms with E-state index >= 15 is 0 Å². The van der Waals surface area contributed by atoms with Crippen LogP contribution in [0.5, 0.6) is 5.75 Å². The third kappa shape index (κ3) is 4.71. The van der Waals surface area contributed by atoms with Gasteiger partial charge >= 0.3 is 0 Å². The number of amides is 1. The predicted molar refractivity (Wildman–Crippen MR) is 110 cm³/mol. The Labute approximate surface area is 169 Å². The molecule has 0 saturated carbocycles. The molecule has 1 heterocycles. The Morgan fingerprint density at radius 2 is 2.00 bits per heavy atom. The number of carbonyl (C=O) groups is 1. The van der Waals surface area contributed by atoms with Crippen LogP contribution in [0, 0.1) is 0 Å². The molecule has 8 heteroatoms. The Morgan fingerprint density at radius 1 is 1.23 bits per heavy atom.